The molecule has 0 aromatic heterocycles. The van der Waals surface area contributed by atoms with Crippen LogP contribution in [0.5, 0.6) is 0 Å². The number of hydrogen-bond donors (Lipinski definition) is 2. The van der Waals surface area contributed by atoms with Crippen molar-refractivity contribution in [3.05, 3.63) is 28.8 Å². The molecule has 3 N–H and O–H groups in total. The standard InChI is InChI=1S/C14H22N2O2S/c1-10-7-12(9-15)8-13(11(10)2)19(17,18)16-14(3)5-4-6-14/h7-8,16H,4-6,9,15H2,1-3H3. The Balaban J connectivity index is 2.42. The molecule has 0 bridgehead atoms. The van der Waals surface area contributed by atoms with Crippen LogP contribution in [0.3, 0.4) is 0 Å². The number of rotatable bonds is 4. The van der Waals surface area contributed by atoms with Crippen molar-refractivity contribution in [2.24, 2.45) is 5.73 Å². The molecule has 1 aromatic rings. The summed E-state index contributed by atoms with van der Waals surface area (Å²) in [5, 5.41) is 0. The summed E-state index contributed by atoms with van der Waals surface area (Å²) in [5.41, 5.74) is 7.96. The smallest absolute Gasteiger partial charge is 0.241 e. The van der Waals surface area contributed by atoms with Crippen molar-refractivity contribution in [3.63, 3.8) is 0 Å². The molecule has 4 nitrogen and oxygen atoms in total. The Labute approximate surface area is 115 Å². The molecule has 0 aliphatic heterocycles. The third kappa shape index (κ3) is 2.83. The van der Waals surface area contributed by atoms with E-state index >= 15 is 0 Å². The van der Waals surface area contributed by atoms with E-state index in [1.54, 1.807) is 6.07 Å². The van der Waals surface area contributed by atoms with E-state index in [9.17, 15) is 8.42 Å². The van der Waals surface area contributed by atoms with Crippen molar-refractivity contribution < 1.29 is 8.42 Å². The van der Waals surface area contributed by atoms with Gasteiger partial charge in [0.15, 0.2) is 0 Å². The topological polar surface area (TPSA) is 72.2 Å². The van der Waals surface area contributed by atoms with Crippen LogP contribution in [-0.4, -0.2) is 14.0 Å². The van der Waals surface area contributed by atoms with Crippen molar-refractivity contribution in [1.29, 1.82) is 0 Å². The molecule has 0 heterocycles. The van der Waals surface area contributed by atoms with E-state index in [4.69, 9.17) is 5.73 Å². The van der Waals surface area contributed by atoms with E-state index in [2.05, 4.69) is 4.72 Å². The molecule has 0 radical (unpaired) electrons. The van der Waals surface area contributed by atoms with Crippen LogP contribution >= 0.6 is 0 Å². The predicted octanol–water partition coefficient (Wildman–Crippen LogP) is 1.98. The lowest BCUT2D eigenvalue weighted by Crippen LogP contribution is -2.50. The first-order valence-corrected chi connectivity index (χ1v) is 8.10. The van der Waals surface area contributed by atoms with Gasteiger partial charge >= 0.3 is 0 Å². The number of hydrogen-bond acceptors (Lipinski definition) is 3. The maximum absolute atomic E-state index is 12.5. The maximum Gasteiger partial charge on any atom is 0.241 e. The first-order chi connectivity index (χ1) is 8.77. The molecule has 1 aliphatic rings. The van der Waals surface area contributed by atoms with Gasteiger partial charge in [0.2, 0.25) is 10.0 Å². The number of aryl methyl sites for hydroxylation is 1. The van der Waals surface area contributed by atoms with Crippen LogP contribution in [0, 0.1) is 13.8 Å². The largest absolute Gasteiger partial charge is 0.326 e. The van der Waals surface area contributed by atoms with Gasteiger partial charge in [-0.05, 0) is 62.8 Å². The number of nitrogens with two attached hydrogens (primary N) is 1. The van der Waals surface area contributed by atoms with E-state index in [0.29, 0.717) is 11.4 Å². The Kier molecular flexibility index (Phi) is 3.73. The summed E-state index contributed by atoms with van der Waals surface area (Å²) in [6.07, 6.45) is 2.89. The van der Waals surface area contributed by atoms with E-state index in [-0.39, 0.29) is 5.54 Å². The summed E-state index contributed by atoms with van der Waals surface area (Å²) in [4.78, 5) is 0.362. The molecule has 0 unspecified atom stereocenters. The van der Waals surface area contributed by atoms with Gasteiger partial charge in [0.05, 0.1) is 4.90 Å². The zero-order valence-electron chi connectivity index (χ0n) is 11.8. The Morgan fingerprint density at radius 1 is 1.32 bits per heavy atom. The fourth-order valence-corrected chi connectivity index (χ4v) is 4.32. The van der Waals surface area contributed by atoms with Crippen LogP contribution in [0.4, 0.5) is 0 Å². The minimum Gasteiger partial charge on any atom is -0.326 e. The summed E-state index contributed by atoms with van der Waals surface area (Å²) < 4.78 is 27.9. The maximum atomic E-state index is 12.5. The average molecular weight is 282 g/mol. The summed E-state index contributed by atoms with van der Waals surface area (Å²) in [6, 6.07) is 3.63. The second-order valence-corrected chi connectivity index (χ2v) is 7.41. The molecule has 19 heavy (non-hydrogen) atoms. The lowest BCUT2D eigenvalue weighted by Gasteiger charge is -2.38. The molecule has 1 aliphatic carbocycles. The Bertz CT molecular complexity index is 590. The van der Waals surface area contributed by atoms with E-state index in [0.717, 1.165) is 36.0 Å². The molecule has 106 valence electrons. The van der Waals surface area contributed by atoms with Gasteiger partial charge in [-0.2, -0.15) is 0 Å². The monoisotopic (exact) mass is 282 g/mol. The normalized spacial score (nSPS) is 18.1. The van der Waals surface area contributed by atoms with Crippen LogP contribution in [-0.2, 0) is 16.6 Å². The van der Waals surface area contributed by atoms with Crippen LogP contribution in [0.15, 0.2) is 17.0 Å². The van der Waals surface area contributed by atoms with Crippen molar-refractivity contribution in [2.45, 2.75) is 57.0 Å². The fraction of sp³-hybridized carbons (Fsp3) is 0.571. The molecule has 0 amide bonds. The van der Waals surface area contributed by atoms with Gasteiger partial charge in [0.25, 0.3) is 0 Å². The minimum atomic E-state index is -3.47. The van der Waals surface area contributed by atoms with Gasteiger partial charge in [-0.15, -0.1) is 0 Å². The number of benzene rings is 1. The van der Waals surface area contributed by atoms with Crippen LogP contribution in [0.1, 0.15) is 42.9 Å². The number of nitrogens with one attached hydrogen (secondary N) is 1. The van der Waals surface area contributed by atoms with Crippen molar-refractivity contribution >= 4 is 10.0 Å². The molecule has 5 heteroatoms. The highest BCUT2D eigenvalue weighted by Gasteiger charge is 2.36. The second kappa shape index (κ2) is 4.89. The van der Waals surface area contributed by atoms with Crippen LogP contribution < -0.4 is 10.5 Å². The SMILES string of the molecule is Cc1cc(CN)cc(S(=O)(=O)NC2(C)CCC2)c1C. The minimum absolute atomic E-state index is 0.280. The molecule has 0 spiro atoms. The highest BCUT2D eigenvalue weighted by atomic mass is 32.2. The lowest BCUT2D eigenvalue weighted by molar-refractivity contribution is 0.248. The molecular weight excluding hydrogens is 260 g/mol. The van der Waals surface area contributed by atoms with Crippen LogP contribution in [0.25, 0.3) is 0 Å². The van der Waals surface area contributed by atoms with Gasteiger partial charge < -0.3 is 5.73 Å². The fourth-order valence-electron chi connectivity index (χ4n) is 2.48. The molecule has 0 atom stereocenters. The van der Waals surface area contributed by atoms with Crippen molar-refractivity contribution in [2.75, 3.05) is 0 Å². The zero-order chi connectivity index (χ0) is 14.3. The molecule has 2 rings (SSSR count). The first-order valence-electron chi connectivity index (χ1n) is 6.62. The molecule has 1 fully saturated rings. The Morgan fingerprint density at radius 3 is 2.42 bits per heavy atom. The van der Waals surface area contributed by atoms with Crippen molar-refractivity contribution in [3.8, 4) is 0 Å². The molecule has 0 saturated heterocycles. The average Bonchev–Trinajstić information content (AvgIpc) is 2.29. The highest BCUT2D eigenvalue weighted by molar-refractivity contribution is 7.89. The highest BCUT2D eigenvalue weighted by Crippen LogP contribution is 2.33. The van der Waals surface area contributed by atoms with E-state index in [1.807, 2.05) is 26.8 Å². The lowest BCUT2D eigenvalue weighted by atomic mass is 9.80. The quantitative estimate of drug-likeness (QED) is 0.887. The third-order valence-electron chi connectivity index (χ3n) is 4.04. The summed E-state index contributed by atoms with van der Waals surface area (Å²) in [7, 11) is -3.47. The van der Waals surface area contributed by atoms with Gasteiger partial charge in [-0.3, -0.25) is 0 Å². The zero-order valence-corrected chi connectivity index (χ0v) is 12.6. The van der Waals surface area contributed by atoms with Gasteiger partial charge in [-0.1, -0.05) is 6.07 Å². The first kappa shape index (κ1) is 14.5. The second-order valence-electron chi connectivity index (χ2n) is 5.76. The van der Waals surface area contributed by atoms with Gasteiger partial charge in [0, 0.05) is 12.1 Å². The third-order valence-corrected chi connectivity index (χ3v) is 5.81. The summed E-state index contributed by atoms with van der Waals surface area (Å²) in [5.74, 6) is 0. The molecule has 1 saturated carbocycles. The van der Waals surface area contributed by atoms with E-state index < -0.39 is 10.0 Å². The summed E-state index contributed by atoms with van der Waals surface area (Å²) in [6.45, 7) is 6.07. The molecular formula is C14H22N2O2S. The Hall–Kier alpha value is -0.910. The predicted molar refractivity (Wildman–Crippen MR) is 76.4 cm³/mol. The van der Waals surface area contributed by atoms with Crippen molar-refractivity contribution in [1.82, 2.24) is 4.72 Å². The molecule has 1 aromatic carbocycles. The Morgan fingerprint density at radius 2 is 1.95 bits per heavy atom. The van der Waals surface area contributed by atoms with Gasteiger partial charge in [-0.25, -0.2) is 13.1 Å². The van der Waals surface area contributed by atoms with E-state index in [1.165, 1.54) is 0 Å². The van der Waals surface area contributed by atoms with Crippen LogP contribution in [0.2, 0.25) is 0 Å². The van der Waals surface area contributed by atoms with Gasteiger partial charge in [0.1, 0.15) is 0 Å². The summed E-state index contributed by atoms with van der Waals surface area (Å²) >= 11 is 0. The number of sulfonamides is 1.